The van der Waals surface area contributed by atoms with Crippen molar-refractivity contribution < 1.29 is 9.32 Å². The van der Waals surface area contributed by atoms with Gasteiger partial charge in [0.25, 0.3) is 0 Å². The molecule has 0 aromatic carbocycles. The van der Waals surface area contributed by atoms with Crippen LogP contribution in [0.25, 0.3) is 0 Å². The molecule has 1 aliphatic rings. The second-order valence-electron chi connectivity index (χ2n) is 5.15. The first-order valence-electron chi connectivity index (χ1n) is 6.84. The Morgan fingerprint density at radius 3 is 3.00 bits per heavy atom. The van der Waals surface area contributed by atoms with Crippen molar-refractivity contribution >= 4 is 11.9 Å². The number of hydrogen-bond donors (Lipinski definition) is 1. The summed E-state index contributed by atoms with van der Waals surface area (Å²) >= 11 is 0. The number of amides is 1. The molecule has 0 aliphatic heterocycles. The molecule has 2 aromatic heterocycles. The highest BCUT2D eigenvalue weighted by molar-refractivity contribution is 5.90. The van der Waals surface area contributed by atoms with Crippen molar-refractivity contribution in [3.05, 3.63) is 23.8 Å². The lowest BCUT2D eigenvalue weighted by atomic mass is 10.3. The number of carbonyl (C=O) groups is 1. The Hall–Kier alpha value is -2.18. The average molecular weight is 275 g/mol. The summed E-state index contributed by atoms with van der Waals surface area (Å²) in [7, 11) is 0. The molecular weight excluding hydrogens is 258 g/mol. The van der Waals surface area contributed by atoms with Gasteiger partial charge in [0.1, 0.15) is 12.1 Å². The quantitative estimate of drug-likeness (QED) is 0.920. The van der Waals surface area contributed by atoms with Gasteiger partial charge in [0.15, 0.2) is 0 Å². The van der Waals surface area contributed by atoms with Crippen LogP contribution in [-0.4, -0.2) is 25.8 Å². The molecular formula is C13H17N5O2. The lowest BCUT2D eigenvalue weighted by Crippen LogP contribution is -2.15. The van der Waals surface area contributed by atoms with Gasteiger partial charge in [-0.25, -0.2) is 9.67 Å². The average Bonchev–Trinajstić information content (AvgIpc) is 3.10. The highest BCUT2D eigenvalue weighted by Crippen LogP contribution is 2.28. The summed E-state index contributed by atoms with van der Waals surface area (Å²) in [6.07, 6.45) is 6.55. The van der Waals surface area contributed by atoms with Crippen LogP contribution < -0.4 is 5.32 Å². The molecule has 7 nitrogen and oxygen atoms in total. The Kier molecular flexibility index (Phi) is 3.49. The minimum atomic E-state index is -0.203. The normalized spacial score (nSPS) is 15.7. The van der Waals surface area contributed by atoms with Crippen molar-refractivity contribution in [1.29, 1.82) is 0 Å². The molecule has 3 rings (SSSR count). The predicted octanol–water partition coefficient (Wildman–Crippen LogP) is 1.87. The summed E-state index contributed by atoms with van der Waals surface area (Å²) in [5.74, 6) is 0.679. The first kappa shape index (κ1) is 12.8. The van der Waals surface area contributed by atoms with E-state index in [-0.39, 0.29) is 12.3 Å². The third-order valence-corrected chi connectivity index (χ3v) is 3.47. The van der Waals surface area contributed by atoms with E-state index in [0.29, 0.717) is 17.8 Å². The van der Waals surface area contributed by atoms with Gasteiger partial charge in [0.2, 0.25) is 11.9 Å². The summed E-state index contributed by atoms with van der Waals surface area (Å²) in [5.41, 5.74) is 0.761. The van der Waals surface area contributed by atoms with Crippen molar-refractivity contribution in [1.82, 2.24) is 19.9 Å². The van der Waals surface area contributed by atoms with Crippen molar-refractivity contribution in [2.45, 2.75) is 45.1 Å². The second kappa shape index (κ2) is 5.44. The van der Waals surface area contributed by atoms with Gasteiger partial charge in [-0.05, 0) is 19.8 Å². The van der Waals surface area contributed by atoms with Gasteiger partial charge in [-0.15, -0.1) is 5.10 Å². The van der Waals surface area contributed by atoms with Crippen LogP contribution in [0, 0.1) is 6.92 Å². The SMILES string of the molecule is Cc1cc(CC(=O)Nc2ncn(C3CCCC3)n2)on1. The van der Waals surface area contributed by atoms with Crippen LogP contribution in [-0.2, 0) is 11.2 Å². The molecule has 0 unspecified atom stereocenters. The number of nitrogens with one attached hydrogen (secondary N) is 1. The van der Waals surface area contributed by atoms with Crippen LogP contribution in [0.4, 0.5) is 5.95 Å². The first-order valence-corrected chi connectivity index (χ1v) is 6.84. The smallest absolute Gasteiger partial charge is 0.248 e. The van der Waals surface area contributed by atoms with Gasteiger partial charge in [0, 0.05) is 6.07 Å². The predicted molar refractivity (Wildman–Crippen MR) is 71.1 cm³/mol. The van der Waals surface area contributed by atoms with E-state index in [1.165, 1.54) is 12.8 Å². The number of rotatable bonds is 4. The lowest BCUT2D eigenvalue weighted by Gasteiger charge is -2.07. The maximum atomic E-state index is 11.8. The van der Waals surface area contributed by atoms with E-state index in [4.69, 9.17) is 4.52 Å². The fourth-order valence-electron chi connectivity index (χ4n) is 2.50. The molecule has 1 amide bonds. The summed E-state index contributed by atoms with van der Waals surface area (Å²) < 4.78 is 6.85. The number of carbonyl (C=O) groups excluding carboxylic acids is 1. The van der Waals surface area contributed by atoms with Crippen molar-refractivity contribution in [2.24, 2.45) is 0 Å². The molecule has 0 atom stereocenters. The minimum absolute atomic E-state index is 0.138. The van der Waals surface area contributed by atoms with E-state index in [9.17, 15) is 4.79 Å². The van der Waals surface area contributed by atoms with E-state index in [2.05, 4.69) is 20.6 Å². The maximum absolute atomic E-state index is 11.8. The molecule has 0 saturated heterocycles. The molecule has 106 valence electrons. The van der Waals surface area contributed by atoms with E-state index < -0.39 is 0 Å². The fraction of sp³-hybridized carbons (Fsp3) is 0.538. The zero-order valence-electron chi connectivity index (χ0n) is 11.4. The highest BCUT2D eigenvalue weighted by Gasteiger charge is 2.18. The summed E-state index contributed by atoms with van der Waals surface area (Å²) in [6, 6.07) is 2.16. The van der Waals surface area contributed by atoms with Crippen molar-refractivity contribution in [3.8, 4) is 0 Å². The summed E-state index contributed by atoms with van der Waals surface area (Å²) in [4.78, 5) is 16.0. The number of aromatic nitrogens is 4. The Labute approximate surface area is 116 Å². The lowest BCUT2D eigenvalue weighted by molar-refractivity contribution is -0.115. The van der Waals surface area contributed by atoms with Gasteiger partial charge >= 0.3 is 0 Å². The molecule has 1 saturated carbocycles. The van der Waals surface area contributed by atoms with Crippen LogP contribution in [0.5, 0.6) is 0 Å². The van der Waals surface area contributed by atoms with E-state index in [0.717, 1.165) is 18.5 Å². The van der Waals surface area contributed by atoms with Gasteiger partial charge in [0.05, 0.1) is 18.2 Å². The molecule has 0 spiro atoms. The van der Waals surface area contributed by atoms with Crippen molar-refractivity contribution in [3.63, 3.8) is 0 Å². The van der Waals surface area contributed by atoms with Gasteiger partial charge in [-0.1, -0.05) is 18.0 Å². The monoisotopic (exact) mass is 275 g/mol. The number of anilines is 1. The molecule has 1 N–H and O–H groups in total. The van der Waals surface area contributed by atoms with Gasteiger partial charge < -0.3 is 4.52 Å². The number of hydrogen-bond acceptors (Lipinski definition) is 5. The summed E-state index contributed by atoms with van der Waals surface area (Å²) in [5, 5.41) is 10.7. The Morgan fingerprint density at radius 1 is 1.50 bits per heavy atom. The molecule has 0 bridgehead atoms. The number of nitrogens with zero attached hydrogens (tertiary/aromatic N) is 4. The second-order valence-corrected chi connectivity index (χ2v) is 5.15. The highest BCUT2D eigenvalue weighted by atomic mass is 16.5. The molecule has 1 fully saturated rings. The molecule has 20 heavy (non-hydrogen) atoms. The number of aryl methyl sites for hydroxylation is 1. The van der Waals surface area contributed by atoms with Crippen LogP contribution >= 0.6 is 0 Å². The topological polar surface area (TPSA) is 85.8 Å². The Balaban J connectivity index is 1.58. The Morgan fingerprint density at radius 2 is 2.30 bits per heavy atom. The molecule has 2 aromatic rings. The Bertz CT molecular complexity index is 597. The molecule has 1 aliphatic carbocycles. The first-order chi connectivity index (χ1) is 9.70. The fourth-order valence-corrected chi connectivity index (χ4v) is 2.50. The van der Waals surface area contributed by atoms with Gasteiger partial charge in [-0.3, -0.25) is 10.1 Å². The zero-order chi connectivity index (χ0) is 13.9. The third kappa shape index (κ3) is 2.87. The van der Waals surface area contributed by atoms with Crippen molar-refractivity contribution in [2.75, 3.05) is 5.32 Å². The summed E-state index contributed by atoms with van der Waals surface area (Å²) in [6.45, 7) is 1.82. The van der Waals surface area contributed by atoms with E-state index >= 15 is 0 Å². The minimum Gasteiger partial charge on any atom is -0.361 e. The van der Waals surface area contributed by atoms with E-state index in [1.54, 1.807) is 12.4 Å². The molecule has 2 heterocycles. The molecule has 7 heteroatoms. The largest absolute Gasteiger partial charge is 0.361 e. The maximum Gasteiger partial charge on any atom is 0.248 e. The van der Waals surface area contributed by atoms with Crippen LogP contribution in [0.2, 0.25) is 0 Å². The zero-order valence-corrected chi connectivity index (χ0v) is 11.4. The third-order valence-electron chi connectivity index (χ3n) is 3.47. The molecule has 0 radical (unpaired) electrons. The van der Waals surface area contributed by atoms with E-state index in [1.807, 2.05) is 11.6 Å². The standard InChI is InChI=1S/C13H17N5O2/c1-9-6-11(20-17-9)7-12(19)15-13-14-8-18(16-13)10-4-2-3-5-10/h6,8,10H,2-5,7H2,1H3,(H,15,16,19). The van der Waals surface area contributed by atoms with Crippen LogP contribution in [0.1, 0.15) is 43.2 Å². The van der Waals surface area contributed by atoms with Crippen LogP contribution in [0.15, 0.2) is 16.9 Å². The van der Waals surface area contributed by atoms with Crippen LogP contribution in [0.3, 0.4) is 0 Å². The van der Waals surface area contributed by atoms with Gasteiger partial charge in [-0.2, -0.15) is 0 Å².